The molecule has 0 saturated heterocycles. The largest absolute Gasteiger partial charge is 0.356 e. The van der Waals surface area contributed by atoms with Crippen molar-refractivity contribution in [1.29, 1.82) is 0 Å². The maximum atomic E-state index is 5.67. The molecule has 3 nitrogen and oxygen atoms in total. The normalized spacial score (nSPS) is 28.9. The fourth-order valence-corrected chi connectivity index (χ4v) is 7.83. The van der Waals surface area contributed by atoms with Crippen LogP contribution in [0, 0.1) is 17.8 Å². The number of hydrazone groups is 1. The quantitative estimate of drug-likeness (QED) is 0.170. The predicted octanol–water partition coefficient (Wildman–Crippen LogP) is 6.35. The Bertz CT molecular complexity index is 1340. The summed E-state index contributed by atoms with van der Waals surface area (Å²) in [5, 5.41) is 16.6. The second-order valence-corrected chi connectivity index (χ2v) is 10.9. The fraction of sp³-hybridized carbons (Fsp3) is 0.357. The van der Waals surface area contributed by atoms with Gasteiger partial charge in [0, 0.05) is 11.1 Å². The van der Waals surface area contributed by atoms with Crippen LogP contribution in [0.4, 0.5) is 0 Å². The number of hydrogen-bond acceptors (Lipinski definition) is 2. The molecule has 4 bridgehead atoms. The first-order valence-electron chi connectivity index (χ1n) is 11.9. The van der Waals surface area contributed by atoms with Crippen molar-refractivity contribution in [3.63, 3.8) is 0 Å². The van der Waals surface area contributed by atoms with Crippen molar-refractivity contribution in [2.24, 2.45) is 22.9 Å². The van der Waals surface area contributed by atoms with E-state index in [1.165, 1.54) is 70.8 Å². The van der Waals surface area contributed by atoms with Gasteiger partial charge in [0.15, 0.2) is 5.11 Å². The second-order valence-electron chi connectivity index (χ2n) is 10.5. The molecule has 4 aliphatic rings. The molecule has 0 atom stereocenters. The summed E-state index contributed by atoms with van der Waals surface area (Å²) in [6.45, 7) is 0. The molecule has 0 heterocycles. The Kier molecular flexibility index (Phi) is 4.05. The topological polar surface area (TPSA) is 36.4 Å². The van der Waals surface area contributed by atoms with Crippen LogP contribution in [0.5, 0.6) is 0 Å². The first-order chi connectivity index (χ1) is 15.7. The zero-order valence-corrected chi connectivity index (χ0v) is 18.9. The zero-order chi connectivity index (χ0) is 21.3. The van der Waals surface area contributed by atoms with E-state index in [2.05, 4.69) is 70.4 Å². The number of benzene rings is 4. The molecule has 2 N–H and O–H groups in total. The highest BCUT2D eigenvalue weighted by atomic mass is 32.1. The first-order valence-corrected chi connectivity index (χ1v) is 12.3. The third kappa shape index (κ3) is 2.92. The van der Waals surface area contributed by atoms with E-state index in [1.807, 2.05) is 6.21 Å². The minimum Gasteiger partial charge on any atom is -0.356 e. The Morgan fingerprint density at radius 1 is 0.812 bits per heavy atom. The van der Waals surface area contributed by atoms with E-state index < -0.39 is 0 Å². The Morgan fingerprint density at radius 2 is 1.41 bits per heavy atom. The van der Waals surface area contributed by atoms with E-state index in [0.29, 0.717) is 5.11 Å². The second kappa shape index (κ2) is 6.89. The van der Waals surface area contributed by atoms with Crippen LogP contribution in [0.2, 0.25) is 0 Å². The molecule has 160 valence electrons. The number of rotatable bonds is 3. The average molecular weight is 438 g/mol. The van der Waals surface area contributed by atoms with Crippen LogP contribution in [-0.4, -0.2) is 16.9 Å². The zero-order valence-electron chi connectivity index (χ0n) is 18.1. The SMILES string of the molecule is S=C(N/N=C\c1ccc2ccc3cccc4ccc1c2c34)NC12CC3CC(CC(C3)C1)C2. The minimum atomic E-state index is 0.210. The van der Waals surface area contributed by atoms with Crippen molar-refractivity contribution in [2.45, 2.75) is 44.1 Å². The summed E-state index contributed by atoms with van der Waals surface area (Å²) < 4.78 is 0. The summed E-state index contributed by atoms with van der Waals surface area (Å²) in [5.74, 6) is 2.70. The van der Waals surface area contributed by atoms with Crippen molar-refractivity contribution < 1.29 is 0 Å². The van der Waals surface area contributed by atoms with Gasteiger partial charge in [-0.15, -0.1) is 0 Å². The maximum absolute atomic E-state index is 5.67. The van der Waals surface area contributed by atoms with Crippen LogP contribution in [0.25, 0.3) is 32.3 Å². The van der Waals surface area contributed by atoms with Crippen LogP contribution in [0.15, 0.2) is 59.7 Å². The van der Waals surface area contributed by atoms with E-state index >= 15 is 0 Å². The van der Waals surface area contributed by atoms with E-state index in [0.717, 1.165) is 23.3 Å². The number of thiocarbonyl (C=S) groups is 1. The Labute approximate surface area is 193 Å². The Balaban J connectivity index is 1.14. The molecule has 4 heteroatoms. The maximum Gasteiger partial charge on any atom is 0.187 e. The molecule has 32 heavy (non-hydrogen) atoms. The lowest BCUT2D eigenvalue weighted by Crippen LogP contribution is -2.61. The van der Waals surface area contributed by atoms with Gasteiger partial charge in [-0.3, -0.25) is 5.43 Å². The smallest absolute Gasteiger partial charge is 0.187 e. The number of nitrogens with one attached hydrogen (secondary N) is 2. The fourth-order valence-electron chi connectivity index (χ4n) is 7.56. The molecule has 4 aromatic carbocycles. The van der Waals surface area contributed by atoms with Crippen LogP contribution < -0.4 is 10.7 Å². The van der Waals surface area contributed by atoms with Crippen molar-refractivity contribution >= 4 is 55.9 Å². The molecule has 4 fully saturated rings. The predicted molar refractivity (Wildman–Crippen MR) is 138 cm³/mol. The molecule has 8 rings (SSSR count). The van der Waals surface area contributed by atoms with Crippen molar-refractivity contribution in [3.8, 4) is 0 Å². The van der Waals surface area contributed by atoms with E-state index in [-0.39, 0.29) is 5.54 Å². The van der Waals surface area contributed by atoms with E-state index in [1.54, 1.807) is 0 Å². The molecule has 0 aromatic heterocycles. The summed E-state index contributed by atoms with van der Waals surface area (Å²) in [6.07, 6.45) is 10.1. The highest BCUT2D eigenvalue weighted by Crippen LogP contribution is 2.55. The molecule has 4 aromatic rings. The van der Waals surface area contributed by atoms with E-state index in [4.69, 9.17) is 12.2 Å². The van der Waals surface area contributed by atoms with Gasteiger partial charge in [0.25, 0.3) is 0 Å². The van der Waals surface area contributed by atoms with Crippen LogP contribution in [-0.2, 0) is 0 Å². The van der Waals surface area contributed by atoms with E-state index in [9.17, 15) is 0 Å². The monoisotopic (exact) mass is 437 g/mol. The lowest BCUT2D eigenvalue weighted by atomic mass is 9.53. The first kappa shape index (κ1) is 18.8. The van der Waals surface area contributed by atoms with Gasteiger partial charge in [-0.2, -0.15) is 5.10 Å². The van der Waals surface area contributed by atoms with Crippen molar-refractivity contribution in [3.05, 3.63) is 60.2 Å². The van der Waals surface area contributed by atoms with Gasteiger partial charge in [-0.25, -0.2) is 0 Å². The van der Waals surface area contributed by atoms with Gasteiger partial charge >= 0.3 is 0 Å². The molecule has 0 amide bonds. The molecule has 0 unspecified atom stereocenters. The lowest BCUT2D eigenvalue weighted by Gasteiger charge is -2.57. The van der Waals surface area contributed by atoms with Gasteiger partial charge in [-0.1, -0.05) is 54.6 Å². The van der Waals surface area contributed by atoms with Crippen LogP contribution in [0.1, 0.15) is 44.1 Å². The summed E-state index contributed by atoms with van der Waals surface area (Å²) in [5.41, 5.74) is 4.45. The van der Waals surface area contributed by atoms with Gasteiger partial charge in [0.2, 0.25) is 0 Å². The Morgan fingerprint density at radius 3 is 2.09 bits per heavy atom. The van der Waals surface area contributed by atoms with Crippen molar-refractivity contribution in [2.75, 3.05) is 0 Å². The summed E-state index contributed by atoms with van der Waals surface area (Å²) in [7, 11) is 0. The minimum absolute atomic E-state index is 0.210. The highest BCUT2D eigenvalue weighted by Gasteiger charge is 2.51. The third-order valence-electron chi connectivity index (χ3n) is 8.35. The molecule has 0 spiro atoms. The number of hydrogen-bond donors (Lipinski definition) is 2. The molecule has 4 aliphatic carbocycles. The average Bonchev–Trinajstić information content (AvgIpc) is 2.77. The molecular formula is C28H27N3S. The third-order valence-corrected chi connectivity index (χ3v) is 8.54. The standard InChI is InChI=1S/C28H27N3S/c32-27(30-28-13-17-10-18(14-28)12-19(11-17)15-28)31-29-16-23-7-6-22-5-4-20-2-1-3-21-8-9-24(23)26(22)25(20)21/h1-9,16-19H,10-15H2,(H2,30,31,32)/b29-16-. The molecule has 4 saturated carbocycles. The number of nitrogens with zero attached hydrogens (tertiary/aromatic N) is 1. The van der Waals surface area contributed by atoms with Gasteiger partial charge in [-0.05, 0) is 101 Å². The summed E-state index contributed by atoms with van der Waals surface area (Å²) in [4.78, 5) is 0. The summed E-state index contributed by atoms with van der Waals surface area (Å²) >= 11 is 5.67. The molecule has 0 aliphatic heterocycles. The molecule has 0 radical (unpaired) electrons. The van der Waals surface area contributed by atoms with Gasteiger partial charge < -0.3 is 5.32 Å². The van der Waals surface area contributed by atoms with Gasteiger partial charge in [0.1, 0.15) is 0 Å². The van der Waals surface area contributed by atoms with Crippen LogP contribution >= 0.6 is 12.2 Å². The lowest BCUT2D eigenvalue weighted by molar-refractivity contribution is -0.0101. The summed E-state index contributed by atoms with van der Waals surface area (Å²) in [6, 6.07) is 19.7. The van der Waals surface area contributed by atoms with Gasteiger partial charge in [0.05, 0.1) is 6.21 Å². The Hall–Kier alpha value is -2.72. The van der Waals surface area contributed by atoms with Crippen LogP contribution in [0.3, 0.4) is 0 Å². The molecular weight excluding hydrogens is 410 g/mol. The van der Waals surface area contributed by atoms with Crippen molar-refractivity contribution in [1.82, 2.24) is 10.7 Å². The highest BCUT2D eigenvalue weighted by molar-refractivity contribution is 7.80.